The van der Waals surface area contributed by atoms with E-state index in [1.54, 1.807) is 12.1 Å². The number of hydrogen-bond acceptors (Lipinski definition) is 4. The molecule has 1 rings (SSSR count). The van der Waals surface area contributed by atoms with E-state index in [0.29, 0.717) is 12.4 Å². The summed E-state index contributed by atoms with van der Waals surface area (Å²) in [5, 5.41) is 10.8. The predicted octanol–water partition coefficient (Wildman–Crippen LogP) is 3.14. The van der Waals surface area contributed by atoms with Crippen LogP contribution in [-0.4, -0.2) is 17.3 Å². The number of rotatable bonds is 7. The topological polar surface area (TPSA) is 69.4 Å². The van der Waals surface area contributed by atoms with E-state index < -0.39 is 4.92 Å². The Kier molecular flexibility index (Phi) is 5.05. The number of ketones is 1. The maximum absolute atomic E-state index is 11.2. The molecule has 5 nitrogen and oxygen atoms in total. The van der Waals surface area contributed by atoms with E-state index in [1.807, 2.05) is 0 Å². The molecule has 0 aromatic heterocycles. The van der Waals surface area contributed by atoms with Crippen LogP contribution in [0.4, 0.5) is 5.69 Å². The first-order valence-corrected chi connectivity index (χ1v) is 5.59. The normalized spacial score (nSPS) is 9.83. The lowest BCUT2D eigenvalue weighted by Gasteiger charge is -2.06. The number of benzene rings is 1. The lowest BCUT2D eigenvalue weighted by Crippen LogP contribution is -2.02. The van der Waals surface area contributed by atoms with E-state index in [0.717, 1.165) is 12.8 Å². The zero-order chi connectivity index (χ0) is 13.5. The molecular formula is C13H15NO4. The van der Waals surface area contributed by atoms with Gasteiger partial charge in [0.25, 0.3) is 5.69 Å². The lowest BCUT2D eigenvalue weighted by molar-refractivity contribution is -0.385. The van der Waals surface area contributed by atoms with Gasteiger partial charge in [0.05, 0.1) is 23.2 Å². The number of unbranched alkanes of at least 4 members (excludes halogenated alkanes) is 1. The lowest BCUT2D eigenvalue weighted by atomic mass is 10.1. The minimum atomic E-state index is -0.576. The molecular weight excluding hydrogens is 234 g/mol. The number of ether oxygens (including phenoxy) is 1. The zero-order valence-electron chi connectivity index (χ0n) is 10.2. The molecule has 0 aliphatic heterocycles. The van der Waals surface area contributed by atoms with Crippen LogP contribution in [0.1, 0.15) is 30.1 Å². The number of nitro benzene ring substituents is 1. The number of allylic oxidation sites excluding steroid dienone is 1. The van der Waals surface area contributed by atoms with Gasteiger partial charge >= 0.3 is 0 Å². The first kappa shape index (κ1) is 13.9. The summed E-state index contributed by atoms with van der Waals surface area (Å²) < 4.78 is 5.37. The van der Waals surface area contributed by atoms with E-state index in [1.165, 1.54) is 19.1 Å². The smallest absolute Gasteiger partial charge is 0.283 e. The summed E-state index contributed by atoms with van der Waals surface area (Å²) in [5.74, 6) is 0.0654. The average Bonchev–Trinajstić information content (AvgIpc) is 2.34. The van der Waals surface area contributed by atoms with Crippen LogP contribution < -0.4 is 4.74 Å². The number of nitrogens with zero attached hydrogens (tertiary/aromatic N) is 1. The van der Waals surface area contributed by atoms with Crippen LogP contribution >= 0.6 is 0 Å². The minimum absolute atomic E-state index is 0.0958. The molecule has 0 fully saturated rings. The molecule has 0 aliphatic carbocycles. The Morgan fingerprint density at radius 2 is 2.28 bits per heavy atom. The minimum Gasteiger partial charge on any atom is -0.493 e. The van der Waals surface area contributed by atoms with Crippen molar-refractivity contribution >= 4 is 11.5 Å². The van der Waals surface area contributed by atoms with Gasteiger partial charge in [0.2, 0.25) is 0 Å². The van der Waals surface area contributed by atoms with Crippen LogP contribution in [0.15, 0.2) is 30.9 Å². The van der Waals surface area contributed by atoms with Gasteiger partial charge in [-0.25, -0.2) is 0 Å². The summed E-state index contributed by atoms with van der Waals surface area (Å²) in [6.07, 6.45) is 3.41. The van der Waals surface area contributed by atoms with E-state index in [2.05, 4.69) is 6.58 Å². The second-order valence-electron chi connectivity index (χ2n) is 3.77. The predicted molar refractivity (Wildman–Crippen MR) is 68.0 cm³/mol. The highest BCUT2D eigenvalue weighted by atomic mass is 16.6. The molecule has 0 spiro atoms. The molecule has 0 aliphatic rings. The molecule has 5 heteroatoms. The molecule has 0 radical (unpaired) electrons. The van der Waals surface area contributed by atoms with Crippen molar-refractivity contribution in [3.63, 3.8) is 0 Å². The number of carbonyl (C=O) groups excluding carboxylic acids is 1. The fraction of sp³-hybridized carbons (Fsp3) is 0.308. The summed E-state index contributed by atoms with van der Waals surface area (Å²) in [7, 11) is 0. The molecule has 0 saturated carbocycles. The third-order valence-electron chi connectivity index (χ3n) is 2.37. The van der Waals surface area contributed by atoms with Crippen molar-refractivity contribution < 1.29 is 14.5 Å². The molecule has 96 valence electrons. The Morgan fingerprint density at radius 1 is 1.56 bits per heavy atom. The molecule has 0 heterocycles. The van der Waals surface area contributed by atoms with Crippen molar-refractivity contribution in [2.75, 3.05) is 6.61 Å². The van der Waals surface area contributed by atoms with Crippen molar-refractivity contribution in [1.82, 2.24) is 0 Å². The molecule has 18 heavy (non-hydrogen) atoms. The third kappa shape index (κ3) is 3.69. The molecule has 0 unspecified atom stereocenters. The van der Waals surface area contributed by atoms with Crippen LogP contribution in [0.3, 0.4) is 0 Å². The largest absolute Gasteiger partial charge is 0.493 e. The van der Waals surface area contributed by atoms with Crippen molar-refractivity contribution in [1.29, 1.82) is 0 Å². The molecule has 0 N–H and O–H groups in total. The highest BCUT2D eigenvalue weighted by molar-refractivity contribution is 5.98. The van der Waals surface area contributed by atoms with Gasteiger partial charge in [-0.05, 0) is 31.9 Å². The second kappa shape index (κ2) is 6.54. The van der Waals surface area contributed by atoms with Gasteiger partial charge in [-0.15, -0.1) is 6.58 Å². The van der Waals surface area contributed by atoms with Crippen molar-refractivity contribution in [3.05, 3.63) is 46.5 Å². The fourth-order valence-corrected chi connectivity index (χ4v) is 1.47. The summed E-state index contributed by atoms with van der Waals surface area (Å²) in [6, 6.07) is 4.27. The molecule has 0 saturated heterocycles. The van der Waals surface area contributed by atoms with Crippen molar-refractivity contribution in [2.24, 2.45) is 0 Å². The number of hydrogen-bond donors (Lipinski definition) is 0. The fourth-order valence-electron chi connectivity index (χ4n) is 1.47. The van der Waals surface area contributed by atoms with Gasteiger partial charge in [-0.3, -0.25) is 14.9 Å². The van der Waals surface area contributed by atoms with Crippen LogP contribution in [-0.2, 0) is 0 Å². The van der Waals surface area contributed by atoms with Crippen molar-refractivity contribution in [2.45, 2.75) is 19.8 Å². The standard InChI is InChI=1S/C13H15NO4/c1-3-4-5-8-18-11-6-7-12(10(2)15)13(9-11)14(16)17/h3,6-7,9H,1,4-5,8H2,2H3. The molecule has 0 bridgehead atoms. The van der Waals surface area contributed by atoms with Gasteiger partial charge in [0, 0.05) is 0 Å². The highest BCUT2D eigenvalue weighted by Gasteiger charge is 2.18. The summed E-state index contributed by atoms with van der Waals surface area (Å²) in [5.41, 5.74) is -0.123. The Balaban J connectivity index is 2.83. The van der Waals surface area contributed by atoms with Gasteiger partial charge in [-0.1, -0.05) is 6.08 Å². The van der Waals surface area contributed by atoms with E-state index in [9.17, 15) is 14.9 Å². The zero-order valence-corrected chi connectivity index (χ0v) is 10.2. The Labute approximate surface area is 105 Å². The van der Waals surface area contributed by atoms with E-state index >= 15 is 0 Å². The molecule has 1 aromatic carbocycles. The van der Waals surface area contributed by atoms with Gasteiger partial charge in [-0.2, -0.15) is 0 Å². The van der Waals surface area contributed by atoms with E-state index in [4.69, 9.17) is 4.74 Å². The number of Topliss-reactive ketones (excluding diaryl/α,β-unsaturated/α-hetero) is 1. The van der Waals surface area contributed by atoms with Gasteiger partial charge in [0.1, 0.15) is 5.75 Å². The quantitative estimate of drug-likeness (QED) is 0.245. The molecule has 0 amide bonds. The molecule has 0 atom stereocenters. The first-order chi connectivity index (χ1) is 8.56. The Morgan fingerprint density at radius 3 is 2.83 bits per heavy atom. The maximum Gasteiger partial charge on any atom is 0.283 e. The molecule has 1 aromatic rings. The number of carbonyl (C=O) groups is 1. The Hall–Kier alpha value is -2.17. The van der Waals surface area contributed by atoms with E-state index in [-0.39, 0.29) is 17.0 Å². The summed E-state index contributed by atoms with van der Waals surface area (Å²) in [6.45, 7) is 5.35. The maximum atomic E-state index is 11.2. The summed E-state index contributed by atoms with van der Waals surface area (Å²) >= 11 is 0. The van der Waals surface area contributed by atoms with Crippen molar-refractivity contribution in [3.8, 4) is 5.75 Å². The highest BCUT2D eigenvalue weighted by Crippen LogP contribution is 2.25. The first-order valence-electron chi connectivity index (χ1n) is 5.59. The Bertz CT molecular complexity index is 468. The monoisotopic (exact) mass is 249 g/mol. The average molecular weight is 249 g/mol. The van der Waals surface area contributed by atoms with Crippen LogP contribution in [0.5, 0.6) is 5.75 Å². The SMILES string of the molecule is C=CCCCOc1ccc(C(C)=O)c([N+](=O)[O-])c1. The van der Waals surface area contributed by atoms with Crippen LogP contribution in [0.2, 0.25) is 0 Å². The number of nitro groups is 1. The summed E-state index contributed by atoms with van der Waals surface area (Å²) in [4.78, 5) is 21.5. The van der Waals surface area contributed by atoms with Gasteiger partial charge in [0.15, 0.2) is 5.78 Å². The second-order valence-corrected chi connectivity index (χ2v) is 3.77. The van der Waals surface area contributed by atoms with Gasteiger partial charge < -0.3 is 4.74 Å². The third-order valence-corrected chi connectivity index (χ3v) is 2.37. The van der Waals surface area contributed by atoms with Crippen LogP contribution in [0, 0.1) is 10.1 Å². The van der Waals surface area contributed by atoms with Crippen LogP contribution in [0.25, 0.3) is 0 Å².